The summed E-state index contributed by atoms with van der Waals surface area (Å²) in [4.78, 5) is 12.4. The molecule has 0 aromatic carbocycles. The number of aliphatic hydroxyl groups excluding tert-OH is 1. The number of carbonyl (C=O) groups is 1. The summed E-state index contributed by atoms with van der Waals surface area (Å²) in [6.45, 7) is 4.45. The first-order valence-corrected chi connectivity index (χ1v) is 17.6. The lowest BCUT2D eigenvalue weighted by atomic mass is 10.0. The molecule has 39 heavy (non-hydrogen) atoms. The van der Waals surface area contributed by atoms with Gasteiger partial charge in [0.15, 0.2) is 0 Å². The molecule has 0 saturated carbocycles. The Morgan fingerprint density at radius 1 is 0.667 bits per heavy atom. The van der Waals surface area contributed by atoms with Gasteiger partial charge in [-0.2, -0.15) is 8.42 Å². The van der Waals surface area contributed by atoms with Crippen LogP contribution in [-0.2, 0) is 14.9 Å². The van der Waals surface area contributed by atoms with Gasteiger partial charge in [0.1, 0.15) is 0 Å². The van der Waals surface area contributed by atoms with Crippen molar-refractivity contribution in [2.75, 3.05) is 5.75 Å². The Morgan fingerprint density at radius 3 is 1.62 bits per heavy atom. The molecule has 0 spiro atoms. The van der Waals surface area contributed by atoms with Crippen molar-refractivity contribution < 1.29 is 22.9 Å². The average Bonchev–Trinajstić information content (AvgIpc) is 2.88. The van der Waals surface area contributed by atoms with Gasteiger partial charge >= 0.3 is 0 Å². The van der Waals surface area contributed by atoms with Crippen LogP contribution in [0.2, 0.25) is 0 Å². The highest BCUT2D eigenvalue weighted by Crippen LogP contribution is 2.13. The fourth-order valence-corrected chi connectivity index (χ4v) is 5.43. The molecule has 1 amide bonds. The van der Waals surface area contributed by atoms with Crippen molar-refractivity contribution in [3.63, 3.8) is 0 Å². The van der Waals surface area contributed by atoms with Crippen molar-refractivity contribution >= 4 is 16.0 Å². The van der Waals surface area contributed by atoms with Crippen LogP contribution in [0.1, 0.15) is 155 Å². The summed E-state index contributed by atoms with van der Waals surface area (Å²) in [5.74, 6) is -0.998. The summed E-state index contributed by atoms with van der Waals surface area (Å²) in [5, 5.41) is 13.1. The number of rotatable bonds is 28. The summed E-state index contributed by atoms with van der Waals surface area (Å²) in [6, 6.07) is -1.07. The van der Waals surface area contributed by atoms with Crippen LogP contribution in [0.5, 0.6) is 0 Å². The molecular formula is C32H61NO5S. The molecule has 6 nitrogen and oxygen atoms in total. The minimum atomic E-state index is -4.34. The minimum Gasteiger partial charge on any atom is -0.387 e. The zero-order valence-corrected chi connectivity index (χ0v) is 26.1. The molecule has 7 heteroatoms. The van der Waals surface area contributed by atoms with Gasteiger partial charge in [0.2, 0.25) is 5.91 Å². The van der Waals surface area contributed by atoms with E-state index in [1.54, 1.807) is 6.08 Å². The minimum absolute atomic E-state index is 0.291. The Balaban J connectivity index is 4.07. The first-order valence-electron chi connectivity index (χ1n) is 16.0. The fraction of sp³-hybridized carbons (Fsp3) is 0.844. The van der Waals surface area contributed by atoms with Crippen LogP contribution in [0.25, 0.3) is 0 Å². The molecule has 3 N–H and O–H groups in total. The highest BCUT2D eigenvalue weighted by Gasteiger charge is 2.24. The van der Waals surface area contributed by atoms with Gasteiger partial charge in [0.25, 0.3) is 10.1 Å². The summed E-state index contributed by atoms with van der Waals surface area (Å²) in [6.07, 6.45) is 31.6. The van der Waals surface area contributed by atoms with Gasteiger partial charge in [-0.15, -0.1) is 0 Å². The van der Waals surface area contributed by atoms with Gasteiger partial charge in [-0.25, -0.2) is 0 Å². The molecule has 0 radical (unpaired) electrons. The lowest BCUT2D eigenvalue weighted by molar-refractivity contribution is -0.122. The van der Waals surface area contributed by atoms with E-state index in [9.17, 15) is 22.9 Å². The molecule has 0 aromatic heterocycles. The fourth-order valence-electron chi connectivity index (χ4n) is 4.70. The molecule has 0 bridgehead atoms. The van der Waals surface area contributed by atoms with E-state index < -0.39 is 28.0 Å². The van der Waals surface area contributed by atoms with E-state index in [1.807, 2.05) is 0 Å². The lowest BCUT2D eigenvalue weighted by Gasteiger charge is -2.21. The number of nitrogens with one attached hydrogen (secondary N) is 1. The SMILES string of the molecule is CCCCCC/C=C/CC/C=C/C(O)C(CS(=O)(=O)O)NC(=O)CCCCCCCCCCCCCCCC. The zero-order valence-electron chi connectivity index (χ0n) is 25.3. The zero-order chi connectivity index (χ0) is 29.0. The van der Waals surface area contributed by atoms with Crippen LogP contribution >= 0.6 is 0 Å². The number of carbonyl (C=O) groups excluding carboxylic acids is 1. The van der Waals surface area contributed by atoms with Gasteiger partial charge < -0.3 is 10.4 Å². The van der Waals surface area contributed by atoms with E-state index in [0.717, 1.165) is 32.1 Å². The van der Waals surface area contributed by atoms with Crippen molar-refractivity contribution in [1.82, 2.24) is 5.32 Å². The molecule has 2 unspecified atom stereocenters. The van der Waals surface area contributed by atoms with E-state index in [-0.39, 0.29) is 5.91 Å². The third kappa shape index (κ3) is 28.2. The monoisotopic (exact) mass is 571 g/mol. The van der Waals surface area contributed by atoms with Crippen LogP contribution in [0, 0.1) is 0 Å². The van der Waals surface area contributed by atoms with Crippen LogP contribution in [0.15, 0.2) is 24.3 Å². The van der Waals surface area contributed by atoms with Crippen LogP contribution in [0.4, 0.5) is 0 Å². The summed E-state index contributed by atoms with van der Waals surface area (Å²) >= 11 is 0. The number of hydrogen-bond donors (Lipinski definition) is 3. The maximum Gasteiger partial charge on any atom is 0.267 e. The summed E-state index contributed by atoms with van der Waals surface area (Å²) < 4.78 is 32.1. The van der Waals surface area contributed by atoms with E-state index in [0.29, 0.717) is 12.8 Å². The third-order valence-corrected chi connectivity index (χ3v) is 7.91. The van der Waals surface area contributed by atoms with E-state index >= 15 is 0 Å². The van der Waals surface area contributed by atoms with Crippen molar-refractivity contribution in [2.24, 2.45) is 0 Å². The quantitative estimate of drug-likeness (QED) is 0.0496. The number of hydrogen-bond acceptors (Lipinski definition) is 4. The highest BCUT2D eigenvalue weighted by atomic mass is 32.2. The second kappa shape index (κ2) is 27.0. The molecule has 0 fully saturated rings. The average molecular weight is 572 g/mol. The van der Waals surface area contributed by atoms with Crippen LogP contribution in [-0.4, -0.2) is 41.9 Å². The van der Waals surface area contributed by atoms with Gasteiger partial charge in [-0.3, -0.25) is 9.35 Å². The Bertz CT molecular complexity index is 720. The van der Waals surface area contributed by atoms with Gasteiger partial charge in [0, 0.05) is 6.42 Å². The Labute approximate surface area is 241 Å². The summed E-state index contributed by atoms with van der Waals surface area (Å²) in [5.41, 5.74) is 0. The van der Waals surface area contributed by atoms with Crippen molar-refractivity contribution in [2.45, 2.75) is 167 Å². The summed E-state index contributed by atoms with van der Waals surface area (Å²) in [7, 11) is -4.34. The van der Waals surface area contributed by atoms with E-state index in [4.69, 9.17) is 0 Å². The van der Waals surface area contributed by atoms with Crippen molar-refractivity contribution in [3.8, 4) is 0 Å². The Kier molecular flexibility index (Phi) is 26.2. The molecule has 0 aliphatic rings. The van der Waals surface area contributed by atoms with Crippen molar-refractivity contribution in [1.29, 1.82) is 0 Å². The molecule has 0 rings (SSSR count). The van der Waals surface area contributed by atoms with Gasteiger partial charge in [-0.1, -0.05) is 141 Å². The molecule has 0 aliphatic carbocycles. The number of aliphatic hydroxyl groups is 1. The highest BCUT2D eigenvalue weighted by molar-refractivity contribution is 7.85. The third-order valence-electron chi connectivity index (χ3n) is 7.13. The van der Waals surface area contributed by atoms with Gasteiger partial charge in [-0.05, 0) is 32.1 Å². The van der Waals surface area contributed by atoms with Crippen LogP contribution in [0.3, 0.4) is 0 Å². The Morgan fingerprint density at radius 2 is 1.10 bits per heavy atom. The number of amides is 1. The standard InChI is InChI=1S/C32H61NO5S/c1-3-5-7-9-11-13-15-16-17-18-20-22-24-26-28-32(35)33-30(29-39(36,37)38)31(34)27-25-23-21-19-14-12-10-8-6-4-2/h14,19,25,27,30-31,34H,3-13,15-18,20-24,26,28-29H2,1-2H3,(H,33,35)(H,36,37,38)/b19-14+,27-25+. The second-order valence-corrected chi connectivity index (χ2v) is 12.6. The molecule has 0 saturated heterocycles. The largest absolute Gasteiger partial charge is 0.387 e. The lowest BCUT2D eigenvalue weighted by Crippen LogP contribution is -2.46. The predicted octanol–water partition coefficient (Wildman–Crippen LogP) is 8.45. The smallest absolute Gasteiger partial charge is 0.267 e. The first kappa shape index (κ1) is 37.8. The molecule has 2 atom stereocenters. The molecular weight excluding hydrogens is 510 g/mol. The predicted molar refractivity (Wildman–Crippen MR) is 166 cm³/mol. The van der Waals surface area contributed by atoms with E-state index in [1.165, 1.54) is 102 Å². The van der Waals surface area contributed by atoms with Crippen LogP contribution < -0.4 is 5.32 Å². The first-order chi connectivity index (χ1) is 18.8. The normalized spacial score (nSPS) is 13.8. The number of allylic oxidation sites excluding steroid dienone is 3. The topological polar surface area (TPSA) is 104 Å². The maximum atomic E-state index is 12.4. The maximum absolute atomic E-state index is 12.4. The molecule has 0 aliphatic heterocycles. The second-order valence-electron chi connectivity index (χ2n) is 11.1. The number of unbranched alkanes of at least 4 members (excludes halogenated alkanes) is 18. The van der Waals surface area contributed by atoms with Crippen molar-refractivity contribution in [3.05, 3.63) is 24.3 Å². The molecule has 0 aromatic rings. The van der Waals surface area contributed by atoms with Gasteiger partial charge in [0.05, 0.1) is 17.9 Å². The molecule has 0 heterocycles. The Hall–Kier alpha value is -1.18. The van der Waals surface area contributed by atoms with E-state index in [2.05, 4.69) is 31.3 Å². The molecule has 230 valence electrons.